The molecule has 0 aromatic rings. The number of nitrogens with two attached hydrogens (primary N) is 1. The van der Waals surface area contributed by atoms with Crippen LogP contribution in [0, 0.1) is 5.92 Å². The summed E-state index contributed by atoms with van der Waals surface area (Å²) in [6, 6.07) is 0. The first-order valence-corrected chi connectivity index (χ1v) is 6.32. The lowest BCUT2D eigenvalue weighted by molar-refractivity contribution is -0.121. The third-order valence-corrected chi connectivity index (χ3v) is 2.84. The van der Waals surface area contributed by atoms with Crippen molar-refractivity contribution in [3.8, 4) is 0 Å². The van der Waals surface area contributed by atoms with Crippen LogP contribution in [0.15, 0.2) is 0 Å². The fourth-order valence-electron chi connectivity index (χ4n) is 1.68. The van der Waals surface area contributed by atoms with Crippen LogP contribution in [0.2, 0.25) is 0 Å². The zero-order chi connectivity index (χ0) is 12.2. The average Bonchev–Trinajstić information content (AvgIpc) is 2.30. The Labute approximate surface area is 98.6 Å². The van der Waals surface area contributed by atoms with Gasteiger partial charge in [-0.15, -0.1) is 0 Å². The van der Waals surface area contributed by atoms with Crippen LogP contribution in [0.3, 0.4) is 0 Å². The Balaban J connectivity index is 3.47. The SMILES string of the molecule is CCC(CCN)CCC(=O)NCCCCO. The number of nitrogens with one attached hydrogen (secondary N) is 1. The van der Waals surface area contributed by atoms with Crippen molar-refractivity contribution < 1.29 is 9.90 Å². The number of carbonyl (C=O) groups is 1. The van der Waals surface area contributed by atoms with Gasteiger partial charge in [-0.25, -0.2) is 0 Å². The summed E-state index contributed by atoms with van der Waals surface area (Å²) in [4.78, 5) is 11.4. The zero-order valence-electron chi connectivity index (χ0n) is 10.4. The van der Waals surface area contributed by atoms with E-state index in [0.717, 1.165) is 32.1 Å². The number of hydrogen-bond donors (Lipinski definition) is 3. The topological polar surface area (TPSA) is 75.4 Å². The molecule has 1 atom stereocenters. The molecule has 0 saturated carbocycles. The molecule has 0 aliphatic rings. The van der Waals surface area contributed by atoms with Crippen LogP contribution < -0.4 is 11.1 Å². The first-order valence-electron chi connectivity index (χ1n) is 6.32. The van der Waals surface area contributed by atoms with Gasteiger partial charge in [0.2, 0.25) is 5.91 Å². The smallest absolute Gasteiger partial charge is 0.220 e. The van der Waals surface area contributed by atoms with E-state index in [2.05, 4.69) is 12.2 Å². The summed E-state index contributed by atoms with van der Waals surface area (Å²) < 4.78 is 0. The number of aliphatic hydroxyl groups excluding tert-OH is 1. The van der Waals surface area contributed by atoms with Crippen molar-refractivity contribution >= 4 is 5.91 Å². The van der Waals surface area contributed by atoms with Crippen molar-refractivity contribution in [2.24, 2.45) is 11.7 Å². The largest absolute Gasteiger partial charge is 0.396 e. The summed E-state index contributed by atoms with van der Waals surface area (Å²) in [6.45, 7) is 3.72. The molecular formula is C12H26N2O2. The molecule has 4 nitrogen and oxygen atoms in total. The van der Waals surface area contributed by atoms with Gasteiger partial charge in [-0.1, -0.05) is 13.3 Å². The van der Waals surface area contributed by atoms with Crippen molar-refractivity contribution in [3.05, 3.63) is 0 Å². The summed E-state index contributed by atoms with van der Waals surface area (Å²) in [5.41, 5.74) is 5.50. The Morgan fingerprint density at radius 3 is 2.69 bits per heavy atom. The van der Waals surface area contributed by atoms with Gasteiger partial charge in [0.05, 0.1) is 0 Å². The Morgan fingerprint density at radius 1 is 1.38 bits per heavy atom. The maximum absolute atomic E-state index is 11.4. The van der Waals surface area contributed by atoms with Crippen LogP contribution >= 0.6 is 0 Å². The Hall–Kier alpha value is -0.610. The molecule has 0 aliphatic heterocycles. The molecule has 0 rings (SSSR count). The first-order chi connectivity index (χ1) is 7.74. The molecule has 0 saturated heterocycles. The van der Waals surface area contributed by atoms with Crippen LogP contribution in [0.5, 0.6) is 0 Å². The van der Waals surface area contributed by atoms with E-state index in [-0.39, 0.29) is 12.5 Å². The number of aliphatic hydroxyl groups is 1. The molecule has 0 aliphatic carbocycles. The van der Waals surface area contributed by atoms with Crippen LogP contribution in [0.4, 0.5) is 0 Å². The molecule has 0 aromatic carbocycles. The average molecular weight is 230 g/mol. The second kappa shape index (κ2) is 10.9. The van der Waals surface area contributed by atoms with E-state index >= 15 is 0 Å². The predicted molar refractivity (Wildman–Crippen MR) is 66.0 cm³/mol. The van der Waals surface area contributed by atoms with Gasteiger partial charge in [0.25, 0.3) is 0 Å². The van der Waals surface area contributed by atoms with Gasteiger partial charge >= 0.3 is 0 Å². The minimum absolute atomic E-state index is 0.119. The molecule has 96 valence electrons. The quantitative estimate of drug-likeness (QED) is 0.491. The van der Waals surface area contributed by atoms with Gasteiger partial charge in [0.1, 0.15) is 0 Å². The highest BCUT2D eigenvalue weighted by molar-refractivity contribution is 5.75. The number of amides is 1. The minimum atomic E-state index is 0.119. The van der Waals surface area contributed by atoms with Crippen LogP contribution in [0.1, 0.15) is 45.4 Å². The molecule has 4 heteroatoms. The van der Waals surface area contributed by atoms with Crippen molar-refractivity contribution in [3.63, 3.8) is 0 Å². The van der Waals surface area contributed by atoms with E-state index in [0.29, 0.717) is 25.4 Å². The van der Waals surface area contributed by atoms with Crippen molar-refractivity contribution in [1.29, 1.82) is 0 Å². The molecule has 4 N–H and O–H groups in total. The second-order valence-electron chi connectivity index (χ2n) is 4.17. The van der Waals surface area contributed by atoms with E-state index < -0.39 is 0 Å². The third kappa shape index (κ3) is 8.68. The first kappa shape index (κ1) is 15.4. The molecule has 0 aromatic heterocycles. The molecular weight excluding hydrogens is 204 g/mol. The molecule has 16 heavy (non-hydrogen) atoms. The Morgan fingerprint density at radius 2 is 2.12 bits per heavy atom. The molecule has 0 fully saturated rings. The molecule has 0 spiro atoms. The molecule has 0 radical (unpaired) electrons. The van der Waals surface area contributed by atoms with E-state index in [1.165, 1.54) is 0 Å². The van der Waals surface area contributed by atoms with Crippen LogP contribution in [-0.2, 0) is 4.79 Å². The number of unbranched alkanes of at least 4 members (excludes halogenated alkanes) is 1. The fourth-order valence-corrected chi connectivity index (χ4v) is 1.68. The highest BCUT2D eigenvalue weighted by Crippen LogP contribution is 2.14. The monoisotopic (exact) mass is 230 g/mol. The third-order valence-electron chi connectivity index (χ3n) is 2.84. The molecule has 0 heterocycles. The van der Waals surface area contributed by atoms with Crippen LogP contribution in [-0.4, -0.2) is 30.7 Å². The minimum Gasteiger partial charge on any atom is -0.396 e. The standard InChI is InChI=1S/C12H26N2O2/c1-2-11(7-8-13)5-6-12(16)14-9-3-4-10-15/h11,15H,2-10,13H2,1H3,(H,14,16). The molecule has 1 amide bonds. The lowest BCUT2D eigenvalue weighted by Crippen LogP contribution is -2.25. The zero-order valence-corrected chi connectivity index (χ0v) is 10.4. The summed E-state index contributed by atoms with van der Waals surface area (Å²) in [6.07, 6.45) is 5.23. The Bertz CT molecular complexity index is 174. The summed E-state index contributed by atoms with van der Waals surface area (Å²) >= 11 is 0. The normalized spacial score (nSPS) is 12.4. The lowest BCUT2D eigenvalue weighted by Gasteiger charge is -2.13. The van der Waals surface area contributed by atoms with E-state index in [4.69, 9.17) is 10.8 Å². The second-order valence-corrected chi connectivity index (χ2v) is 4.17. The van der Waals surface area contributed by atoms with Crippen molar-refractivity contribution in [2.45, 2.75) is 45.4 Å². The van der Waals surface area contributed by atoms with Gasteiger partial charge in [-0.05, 0) is 38.1 Å². The molecule has 0 bridgehead atoms. The fraction of sp³-hybridized carbons (Fsp3) is 0.917. The Kier molecular flexibility index (Phi) is 10.5. The number of carbonyl (C=O) groups excluding carboxylic acids is 1. The highest BCUT2D eigenvalue weighted by atomic mass is 16.2. The summed E-state index contributed by atoms with van der Waals surface area (Å²) in [5.74, 6) is 0.696. The maximum atomic E-state index is 11.4. The van der Waals surface area contributed by atoms with E-state index in [9.17, 15) is 4.79 Å². The summed E-state index contributed by atoms with van der Waals surface area (Å²) in [5, 5.41) is 11.4. The number of rotatable bonds is 10. The van der Waals surface area contributed by atoms with Gasteiger partial charge in [-0.3, -0.25) is 4.79 Å². The maximum Gasteiger partial charge on any atom is 0.220 e. The van der Waals surface area contributed by atoms with Gasteiger partial charge in [-0.2, -0.15) is 0 Å². The summed E-state index contributed by atoms with van der Waals surface area (Å²) in [7, 11) is 0. The van der Waals surface area contributed by atoms with Gasteiger partial charge < -0.3 is 16.2 Å². The van der Waals surface area contributed by atoms with Crippen LogP contribution in [0.25, 0.3) is 0 Å². The van der Waals surface area contributed by atoms with E-state index in [1.54, 1.807) is 0 Å². The van der Waals surface area contributed by atoms with Gasteiger partial charge in [0, 0.05) is 19.6 Å². The van der Waals surface area contributed by atoms with Crippen molar-refractivity contribution in [1.82, 2.24) is 5.32 Å². The van der Waals surface area contributed by atoms with E-state index in [1.807, 2.05) is 0 Å². The predicted octanol–water partition coefficient (Wildman–Crippen LogP) is 1.03. The highest BCUT2D eigenvalue weighted by Gasteiger charge is 2.08. The van der Waals surface area contributed by atoms with Gasteiger partial charge in [0.15, 0.2) is 0 Å². The lowest BCUT2D eigenvalue weighted by atomic mass is 9.96. The van der Waals surface area contributed by atoms with Crippen molar-refractivity contribution in [2.75, 3.05) is 19.7 Å². The number of hydrogen-bond acceptors (Lipinski definition) is 3. The molecule has 1 unspecified atom stereocenters.